The van der Waals surface area contributed by atoms with Gasteiger partial charge in [0.05, 0.1) is 0 Å². The molecule has 1 rings (SSSR count). The summed E-state index contributed by atoms with van der Waals surface area (Å²) in [4.78, 5) is 0. The van der Waals surface area contributed by atoms with Gasteiger partial charge >= 0.3 is 0 Å². The zero-order valence-electron chi connectivity index (χ0n) is 6.87. The highest BCUT2D eigenvalue weighted by molar-refractivity contribution is 6.15. The van der Waals surface area contributed by atoms with Crippen molar-refractivity contribution in [1.82, 2.24) is 0 Å². The first-order valence-electron chi connectivity index (χ1n) is 4.05. The summed E-state index contributed by atoms with van der Waals surface area (Å²) in [7, 11) is 0. The molecule has 0 aliphatic heterocycles. The van der Waals surface area contributed by atoms with E-state index in [1.807, 2.05) is 0 Å². The summed E-state index contributed by atoms with van der Waals surface area (Å²) in [5.41, 5.74) is 5.52. The van der Waals surface area contributed by atoms with Gasteiger partial charge in [-0.3, -0.25) is 0 Å². The molecule has 64 valence electrons. The largest absolute Gasteiger partial charge is 0.331 e. The minimum Gasteiger partial charge on any atom is -0.331 e. The van der Waals surface area contributed by atoms with E-state index in [0.29, 0.717) is 19.4 Å². The molecule has 2 N–H and O–H groups in total. The van der Waals surface area contributed by atoms with Crippen molar-refractivity contribution in [3.63, 3.8) is 0 Å². The molecule has 1 saturated carbocycles. The van der Waals surface area contributed by atoms with Crippen LogP contribution < -0.4 is 5.73 Å². The van der Waals surface area contributed by atoms with E-state index < -0.39 is 5.92 Å². The van der Waals surface area contributed by atoms with Gasteiger partial charge in [-0.25, -0.2) is 8.78 Å². The van der Waals surface area contributed by atoms with Gasteiger partial charge in [0.25, 0.3) is 0 Å². The summed E-state index contributed by atoms with van der Waals surface area (Å²) in [6, 6.07) is 0. The molecule has 0 aromatic rings. The number of nitrogens with two attached hydrogens (primary N) is 1. The smallest absolute Gasteiger partial charge is 0.248 e. The monoisotopic (exact) mass is 177 g/mol. The highest BCUT2D eigenvalue weighted by Crippen LogP contribution is 2.45. The zero-order valence-corrected chi connectivity index (χ0v) is 8.87. The highest BCUT2D eigenvalue weighted by atomic mass is 27.0. The second kappa shape index (κ2) is 3.01. The lowest BCUT2D eigenvalue weighted by molar-refractivity contribution is -0.0422. The van der Waals surface area contributed by atoms with Gasteiger partial charge in [-0.2, -0.15) is 0 Å². The Morgan fingerprint density at radius 1 is 1.18 bits per heavy atom. The van der Waals surface area contributed by atoms with Gasteiger partial charge in [0.1, 0.15) is 0 Å². The Bertz CT molecular complexity index is 139. The van der Waals surface area contributed by atoms with Crippen molar-refractivity contribution in [2.75, 3.05) is 6.54 Å². The maximum atomic E-state index is 12.7. The number of hydrogen-bond acceptors (Lipinski definition) is 1. The van der Waals surface area contributed by atoms with E-state index in [9.17, 15) is 8.78 Å². The van der Waals surface area contributed by atoms with Crippen LogP contribution in [0.1, 0.15) is 25.7 Å². The lowest BCUT2D eigenvalue weighted by Crippen LogP contribution is -2.33. The molecule has 0 saturated heterocycles. The lowest BCUT2D eigenvalue weighted by Gasteiger charge is -2.36. The Labute approximate surface area is 73.8 Å². The Kier molecular flexibility index (Phi) is 2.58. The fourth-order valence-electron chi connectivity index (χ4n) is 1.42. The van der Waals surface area contributed by atoms with Crippen LogP contribution >= 0.6 is 0 Å². The molecule has 1 fully saturated rings. The van der Waals surface area contributed by atoms with Crippen LogP contribution in [0, 0.1) is 0 Å². The Hall–Kier alpha value is 0.352. The second-order valence-corrected chi connectivity index (χ2v) is 5.99. The molecule has 0 amide bonds. The molecule has 4 heteroatoms. The SMILES string of the molecule is NC[C]1([AlH2])CCC(F)(F)CC1. The van der Waals surface area contributed by atoms with Gasteiger partial charge in [-0.15, -0.1) is 0 Å². The maximum absolute atomic E-state index is 12.7. The van der Waals surface area contributed by atoms with E-state index in [2.05, 4.69) is 0 Å². The Balaban J connectivity index is 2.48. The molecule has 0 radical (unpaired) electrons. The first kappa shape index (κ1) is 9.44. The van der Waals surface area contributed by atoms with Gasteiger partial charge in [-0.1, -0.05) is 17.1 Å². The molecule has 1 nitrogen and oxygen atoms in total. The summed E-state index contributed by atoms with van der Waals surface area (Å²) in [6.45, 7) is 0.593. The van der Waals surface area contributed by atoms with Crippen molar-refractivity contribution in [2.24, 2.45) is 5.73 Å². The summed E-state index contributed by atoms with van der Waals surface area (Å²) in [5, 5.41) is 0. The van der Waals surface area contributed by atoms with Crippen LogP contribution in [-0.2, 0) is 0 Å². The first-order chi connectivity index (χ1) is 4.97. The van der Waals surface area contributed by atoms with E-state index in [1.165, 1.54) is 0 Å². The molecule has 0 aromatic heterocycles. The third-order valence-electron chi connectivity index (χ3n) is 2.68. The summed E-state index contributed by atoms with van der Waals surface area (Å²) in [6.07, 6.45) is 1.35. The topological polar surface area (TPSA) is 26.0 Å². The highest BCUT2D eigenvalue weighted by Gasteiger charge is 2.39. The molecular formula is C7H14AlF2N. The fraction of sp³-hybridized carbons (Fsp3) is 1.00. The van der Waals surface area contributed by atoms with Crippen molar-refractivity contribution < 1.29 is 8.78 Å². The van der Waals surface area contributed by atoms with Crippen LogP contribution in [0.5, 0.6) is 0 Å². The number of halogens is 2. The van der Waals surface area contributed by atoms with E-state index in [4.69, 9.17) is 5.73 Å². The average Bonchev–Trinajstić information content (AvgIpc) is 1.97. The van der Waals surface area contributed by atoms with Crippen LogP contribution in [0.4, 0.5) is 8.78 Å². The minimum absolute atomic E-state index is 0.0493. The molecule has 0 aromatic carbocycles. The van der Waals surface area contributed by atoms with Crippen molar-refractivity contribution in [3.05, 3.63) is 0 Å². The molecule has 0 atom stereocenters. The quantitative estimate of drug-likeness (QED) is 0.593. The third-order valence-corrected chi connectivity index (χ3v) is 4.09. The minimum atomic E-state index is -2.40. The Morgan fingerprint density at radius 2 is 1.64 bits per heavy atom. The molecular weight excluding hydrogens is 163 g/mol. The van der Waals surface area contributed by atoms with E-state index in [0.717, 1.165) is 16.3 Å². The molecule has 1 aliphatic carbocycles. The van der Waals surface area contributed by atoms with E-state index in [-0.39, 0.29) is 17.1 Å². The lowest BCUT2D eigenvalue weighted by atomic mass is 9.86. The predicted octanol–water partition coefficient (Wildman–Crippen LogP) is 0.946. The summed E-state index contributed by atoms with van der Waals surface area (Å²) >= 11 is 0.951. The first-order valence-corrected chi connectivity index (χ1v) is 5.05. The van der Waals surface area contributed by atoms with Crippen molar-refractivity contribution >= 4 is 16.3 Å². The van der Waals surface area contributed by atoms with Gasteiger partial charge in [0.15, 0.2) is 0 Å². The van der Waals surface area contributed by atoms with Crippen LogP contribution in [0.3, 0.4) is 0 Å². The molecule has 0 unspecified atom stereocenters. The van der Waals surface area contributed by atoms with Crippen LogP contribution in [0.25, 0.3) is 0 Å². The normalized spacial score (nSPS) is 28.3. The van der Waals surface area contributed by atoms with Gasteiger partial charge in [-0.05, 0) is 6.54 Å². The average molecular weight is 177 g/mol. The Morgan fingerprint density at radius 3 is 2.00 bits per heavy atom. The van der Waals surface area contributed by atoms with Crippen molar-refractivity contribution in [2.45, 2.75) is 35.9 Å². The molecule has 0 spiro atoms. The summed E-state index contributed by atoms with van der Waals surface area (Å²) < 4.78 is 25.4. The van der Waals surface area contributed by atoms with Crippen molar-refractivity contribution in [1.29, 1.82) is 0 Å². The zero-order chi connectivity index (χ0) is 8.54. The van der Waals surface area contributed by atoms with E-state index in [1.54, 1.807) is 0 Å². The maximum Gasteiger partial charge on any atom is 0.248 e. The standard InChI is InChI=1S/C7H12F2N.Al.2H/c8-7(9)3-1-6(5-10)2-4-7;;;/h1-5,10H2;;;. The van der Waals surface area contributed by atoms with Gasteiger partial charge in [0.2, 0.25) is 22.2 Å². The molecule has 0 heterocycles. The van der Waals surface area contributed by atoms with Gasteiger partial charge in [0, 0.05) is 12.8 Å². The second-order valence-electron chi connectivity index (χ2n) is 3.87. The third kappa shape index (κ3) is 2.40. The fourth-order valence-corrected chi connectivity index (χ4v) is 1.92. The van der Waals surface area contributed by atoms with Crippen molar-refractivity contribution in [3.8, 4) is 0 Å². The number of hydrogen-bond donors (Lipinski definition) is 1. The molecule has 0 bridgehead atoms. The van der Waals surface area contributed by atoms with Crippen LogP contribution in [0.2, 0.25) is 4.28 Å². The van der Waals surface area contributed by atoms with Crippen LogP contribution in [-0.4, -0.2) is 28.8 Å². The number of rotatable bonds is 1. The van der Waals surface area contributed by atoms with Gasteiger partial charge < -0.3 is 5.73 Å². The number of alkyl halides is 2. The molecule has 1 aliphatic rings. The van der Waals surface area contributed by atoms with E-state index >= 15 is 0 Å². The summed E-state index contributed by atoms with van der Waals surface area (Å²) in [5.74, 6) is -2.40. The predicted molar refractivity (Wildman–Crippen MR) is 43.7 cm³/mol. The molecule has 11 heavy (non-hydrogen) atoms. The van der Waals surface area contributed by atoms with Crippen LogP contribution in [0.15, 0.2) is 0 Å².